The van der Waals surface area contributed by atoms with Gasteiger partial charge in [0.05, 0.1) is 0 Å². The van der Waals surface area contributed by atoms with Crippen LogP contribution >= 0.6 is 0 Å². The fourth-order valence-corrected chi connectivity index (χ4v) is 1.39. The Labute approximate surface area is 89.7 Å². The van der Waals surface area contributed by atoms with Crippen molar-refractivity contribution in [3.05, 3.63) is 35.6 Å². The van der Waals surface area contributed by atoms with Crippen LogP contribution in [-0.2, 0) is 0 Å². The Balaban J connectivity index is 2.94. The summed E-state index contributed by atoms with van der Waals surface area (Å²) in [5, 5.41) is 9.07. The zero-order valence-corrected chi connectivity index (χ0v) is 8.21. The lowest BCUT2D eigenvalue weighted by Gasteiger charge is -2.23. The van der Waals surface area contributed by atoms with E-state index in [1.807, 2.05) is 0 Å². The normalized spacial score (nSPS) is 15.9. The smallest absolute Gasteiger partial charge is 0.383 e. The van der Waals surface area contributed by atoms with Gasteiger partial charge in [0.15, 0.2) is 6.10 Å². The van der Waals surface area contributed by atoms with Gasteiger partial charge in [-0.3, -0.25) is 0 Å². The van der Waals surface area contributed by atoms with Crippen molar-refractivity contribution in [3.63, 3.8) is 0 Å². The Morgan fingerprint density at radius 2 is 1.69 bits per heavy atom. The number of benzene rings is 1. The Morgan fingerprint density at radius 1 is 1.19 bits per heavy atom. The Bertz CT molecular complexity index is 336. The van der Waals surface area contributed by atoms with Gasteiger partial charge < -0.3 is 10.8 Å². The van der Waals surface area contributed by atoms with E-state index in [1.165, 1.54) is 12.1 Å². The van der Waals surface area contributed by atoms with Gasteiger partial charge in [0, 0.05) is 12.5 Å². The molecule has 3 N–H and O–H groups in total. The van der Waals surface area contributed by atoms with E-state index in [4.69, 9.17) is 10.8 Å². The fraction of sp³-hybridized carbons (Fsp3) is 0.400. The highest BCUT2D eigenvalue weighted by Gasteiger charge is 2.43. The molecule has 0 aromatic heterocycles. The van der Waals surface area contributed by atoms with Crippen LogP contribution in [0.15, 0.2) is 24.3 Å². The molecule has 0 fully saturated rings. The summed E-state index contributed by atoms with van der Waals surface area (Å²) in [5.41, 5.74) is 5.35. The van der Waals surface area contributed by atoms with E-state index in [0.29, 0.717) is 0 Å². The van der Waals surface area contributed by atoms with Gasteiger partial charge in [-0.25, -0.2) is 4.39 Å². The number of hydrogen-bond donors (Lipinski definition) is 2. The number of alkyl halides is 3. The van der Waals surface area contributed by atoms with Crippen LogP contribution in [0.2, 0.25) is 0 Å². The third kappa shape index (κ3) is 2.93. The maximum Gasteiger partial charge on any atom is 0.414 e. The van der Waals surface area contributed by atoms with Gasteiger partial charge in [0.25, 0.3) is 0 Å². The van der Waals surface area contributed by atoms with Crippen LogP contribution in [0, 0.1) is 5.82 Å². The quantitative estimate of drug-likeness (QED) is 0.787. The molecular formula is C10H11F4NO. The largest absolute Gasteiger partial charge is 0.414 e. The van der Waals surface area contributed by atoms with Crippen LogP contribution in [0.3, 0.4) is 0 Å². The molecule has 90 valence electrons. The van der Waals surface area contributed by atoms with E-state index in [1.54, 1.807) is 0 Å². The Kier molecular flexibility index (Phi) is 3.88. The lowest BCUT2D eigenvalue weighted by atomic mass is 9.93. The van der Waals surface area contributed by atoms with E-state index in [9.17, 15) is 17.6 Å². The van der Waals surface area contributed by atoms with Crippen LogP contribution in [0.5, 0.6) is 0 Å². The van der Waals surface area contributed by atoms with Gasteiger partial charge in [-0.05, 0) is 17.7 Å². The van der Waals surface area contributed by atoms with Crippen molar-refractivity contribution in [2.75, 3.05) is 6.54 Å². The highest BCUT2D eigenvalue weighted by atomic mass is 19.4. The summed E-state index contributed by atoms with van der Waals surface area (Å²) in [6.07, 6.45) is -7.28. The fourth-order valence-electron chi connectivity index (χ4n) is 1.39. The molecule has 0 spiro atoms. The summed E-state index contributed by atoms with van der Waals surface area (Å²) in [4.78, 5) is 0. The number of hydrogen-bond acceptors (Lipinski definition) is 2. The molecular weight excluding hydrogens is 226 g/mol. The molecule has 2 nitrogen and oxygen atoms in total. The lowest BCUT2D eigenvalue weighted by molar-refractivity contribution is -0.209. The monoisotopic (exact) mass is 237 g/mol. The van der Waals surface area contributed by atoms with Crippen LogP contribution < -0.4 is 5.73 Å². The maximum absolute atomic E-state index is 12.6. The van der Waals surface area contributed by atoms with Crippen molar-refractivity contribution in [3.8, 4) is 0 Å². The van der Waals surface area contributed by atoms with Crippen molar-refractivity contribution in [1.82, 2.24) is 0 Å². The van der Waals surface area contributed by atoms with E-state index in [2.05, 4.69) is 0 Å². The second-order valence-corrected chi connectivity index (χ2v) is 3.38. The van der Waals surface area contributed by atoms with Crippen molar-refractivity contribution in [2.45, 2.75) is 18.2 Å². The predicted molar refractivity (Wildman–Crippen MR) is 50.3 cm³/mol. The van der Waals surface area contributed by atoms with Gasteiger partial charge in [0.1, 0.15) is 5.82 Å². The first kappa shape index (κ1) is 12.9. The third-order valence-corrected chi connectivity index (χ3v) is 2.27. The molecule has 0 saturated carbocycles. The summed E-state index contributed by atoms with van der Waals surface area (Å²) in [7, 11) is 0. The zero-order chi connectivity index (χ0) is 12.3. The maximum atomic E-state index is 12.6. The van der Waals surface area contributed by atoms with Crippen molar-refractivity contribution in [1.29, 1.82) is 0 Å². The van der Waals surface area contributed by atoms with Crippen LogP contribution in [0.4, 0.5) is 17.6 Å². The number of aliphatic hydroxyl groups excluding tert-OH is 1. The molecule has 1 aromatic rings. The van der Waals surface area contributed by atoms with Gasteiger partial charge in [-0.15, -0.1) is 0 Å². The van der Waals surface area contributed by atoms with Crippen molar-refractivity contribution < 1.29 is 22.7 Å². The molecule has 0 amide bonds. The van der Waals surface area contributed by atoms with Crippen molar-refractivity contribution in [2.24, 2.45) is 5.73 Å². The molecule has 2 atom stereocenters. The Morgan fingerprint density at radius 3 is 2.06 bits per heavy atom. The third-order valence-electron chi connectivity index (χ3n) is 2.27. The first-order valence-electron chi connectivity index (χ1n) is 4.56. The van der Waals surface area contributed by atoms with E-state index in [-0.39, 0.29) is 12.1 Å². The number of halogens is 4. The molecule has 0 aliphatic rings. The average molecular weight is 237 g/mol. The summed E-state index contributed by atoms with van der Waals surface area (Å²) in [5.74, 6) is -1.83. The molecule has 0 bridgehead atoms. The zero-order valence-electron chi connectivity index (χ0n) is 8.21. The molecule has 6 heteroatoms. The molecule has 0 saturated heterocycles. The summed E-state index contributed by atoms with van der Waals surface area (Å²) >= 11 is 0. The van der Waals surface area contributed by atoms with Crippen LogP contribution in [-0.4, -0.2) is 23.9 Å². The average Bonchev–Trinajstić information content (AvgIpc) is 2.20. The predicted octanol–water partition coefficient (Wildman–Crippen LogP) is 1.79. The molecule has 2 unspecified atom stereocenters. The standard InChI is InChI=1S/C10H11F4NO/c11-7-3-1-6(2-4-7)8(5-15)9(16)10(12,13)14/h1-4,8-9,16H,5,15H2. The highest BCUT2D eigenvalue weighted by Crippen LogP contribution is 2.31. The summed E-state index contributed by atoms with van der Waals surface area (Å²) < 4.78 is 49.4. The van der Waals surface area contributed by atoms with Crippen LogP contribution in [0.25, 0.3) is 0 Å². The number of aliphatic hydroxyl groups is 1. The Hall–Kier alpha value is -1.14. The van der Waals surface area contributed by atoms with E-state index < -0.39 is 24.0 Å². The van der Waals surface area contributed by atoms with Gasteiger partial charge >= 0.3 is 6.18 Å². The molecule has 1 aromatic carbocycles. The highest BCUT2D eigenvalue weighted by molar-refractivity contribution is 5.22. The minimum absolute atomic E-state index is 0.161. The number of rotatable bonds is 3. The molecule has 1 rings (SSSR count). The van der Waals surface area contributed by atoms with Crippen LogP contribution in [0.1, 0.15) is 11.5 Å². The molecule has 0 aliphatic carbocycles. The number of nitrogens with two attached hydrogens (primary N) is 1. The second kappa shape index (κ2) is 4.80. The lowest BCUT2D eigenvalue weighted by Crippen LogP contribution is -2.38. The minimum atomic E-state index is -4.74. The van der Waals surface area contributed by atoms with E-state index >= 15 is 0 Å². The first-order valence-corrected chi connectivity index (χ1v) is 4.56. The van der Waals surface area contributed by atoms with Gasteiger partial charge in [0.2, 0.25) is 0 Å². The molecule has 16 heavy (non-hydrogen) atoms. The SMILES string of the molecule is NCC(c1ccc(F)cc1)C(O)C(F)(F)F. The summed E-state index contributed by atoms with van der Waals surface area (Å²) in [6, 6.07) is 4.42. The minimum Gasteiger partial charge on any atom is -0.383 e. The van der Waals surface area contributed by atoms with Gasteiger partial charge in [-0.2, -0.15) is 13.2 Å². The molecule has 0 aliphatic heterocycles. The van der Waals surface area contributed by atoms with Gasteiger partial charge in [-0.1, -0.05) is 12.1 Å². The topological polar surface area (TPSA) is 46.2 Å². The van der Waals surface area contributed by atoms with Crippen molar-refractivity contribution >= 4 is 0 Å². The first-order chi connectivity index (χ1) is 7.36. The molecule has 0 radical (unpaired) electrons. The summed E-state index contributed by atoms with van der Waals surface area (Å²) in [6.45, 7) is -0.369. The molecule has 0 heterocycles. The second-order valence-electron chi connectivity index (χ2n) is 3.38. The van der Waals surface area contributed by atoms with E-state index in [0.717, 1.165) is 12.1 Å².